The lowest BCUT2D eigenvalue weighted by Gasteiger charge is -2.34. The van der Waals surface area contributed by atoms with E-state index in [4.69, 9.17) is 0 Å². The van der Waals surface area contributed by atoms with E-state index in [-0.39, 0.29) is 11.6 Å². The van der Waals surface area contributed by atoms with Crippen molar-refractivity contribution in [3.8, 4) is 0 Å². The lowest BCUT2D eigenvalue weighted by molar-refractivity contribution is 0.208. The average Bonchev–Trinajstić information content (AvgIpc) is 2.73. The van der Waals surface area contributed by atoms with Crippen molar-refractivity contribution in [1.29, 1.82) is 0 Å². The van der Waals surface area contributed by atoms with Crippen LogP contribution in [-0.2, 0) is 6.42 Å². The fraction of sp³-hybridized carbons (Fsp3) is 0.476. The maximum absolute atomic E-state index is 12.5. The van der Waals surface area contributed by atoms with Crippen LogP contribution in [-0.4, -0.2) is 47.1 Å². The van der Waals surface area contributed by atoms with Gasteiger partial charge in [0.1, 0.15) is 0 Å². The number of hydrogen-bond acceptors (Lipinski definition) is 4. The molecule has 150 valence electrons. The molecule has 2 heterocycles. The van der Waals surface area contributed by atoms with Gasteiger partial charge < -0.3 is 20.1 Å². The first-order valence-electron chi connectivity index (χ1n) is 10.1. The number of H-pyrrole nitrogens is 1. The van der Waals surface area contributed by atoms with E-state index in [2.05, 4.69) is 34.3 Å². The Morgan fingerprint density at radius 3 is 2.54 bits per heavy atom. The van der Waals surface area contributed by atoms with Gasteiger partial charge in [0.05, 0.1) is 0 Å². The number of hydrogen-bond donors (Lipinski definition) is 2. The number of nitrogens with one attached hydrogen (secondary N) is 2. The number of aromatic amines is 1. The number of piperazine rings is 1. The van der Waals surface area contributed by atoms with Crippen molar-refractivity contribution in [3.63, 3.8) is 0 Å². The van der Waals surface area contributed by atoms with Crippen molar-refractivity contribution in [2.24, 2.45) is 0 Å². The molecule has 0 spiro atoms. The van der Waals surface area contributed by atoms with Crippen molar-refractivity contribution >= 4 is 17.5 Å². The zero-order valence-electron chi connectivity index (χ0n) is 16.5. The molecule has 0 atom stereocenters. The van der Waals surface area contributed by atoms with Gasteiger partial charge in [0.15, 0.2) is 5.82 Å². The molecular weight excluding hydrogens is 354 g/mol. The molecule has 3 rings (SSSR count). The molecule has 1 aromatic heterocycles. The monoisotopic (exact) mass is 383 g/mol. The maximum Gasteiger partial charge on any atom is 0.321 e. The van der Waals surface area contributed by atoms with Crippen LogP contribution in [0.2, 0.25) is 0 Å². The van der Waals surface area contributed by atoms with Crippen LogP contribution in [0, 0.1) is 0 Å². The zero-order chi connectivity index (χ0) is 19.8. The summed E-state index contributed by atoms with van der Waals surface area (Å²) in [6.07, 6.45) is 9.19. The molecule has 1 aliphatic heterocycles. The largest absolute Gasteiger partial charge is 0.348 e. The molecule has 1 aromatic carbocycles. The Morgan fingerprint density at radius 1 is 1.11 bits per heavy atom. The van der Waals surface area contributed by atoms with E-state index >= 15 is 0 Å². The van der Waals surface area contributed by atoms with Gasteiger partial charge in [-0.2, -0.15) is 0 Å². The summed E-state index contributed by atoms with van der Waals surface area (Å²) in [5.41, 5.74) is 1.92. The third kappa shape index (κ3) is 5.34. The summed E-state index contributed by atoms with van der Waals surface area (Å²) in [4.78, 5) is 34.8. The normalized spacial score (nSPS) is 14.2. The first kappa shape index (κ1) is 19.9. The van der Waals surface area contributed by atoms with E-state index in [0.717, 1.165) is 12.1 Å². The van der Waals surface area contributed by atoms with E-state index in [1.807, 2.05) is 17.0 Å². The number of urea groups is 1. The third-order valence-corrected chi connectivity index (χ3v) is 5.08. The molecule has 0 bridgehead atoms. The first-order valence-corrected chi connectivity index (χ1v) is 10.1. The Morgan fingerprint density at radius 2 is 1.86 bits per heavy atom. The summed E-state index contributed by atoms with van der Waals surface area (Å²) in [6.45, 7) is 4.50. The van der Waals surface area contributed by atoms with Crippen molar-refractivity contribution in [2.75, 3.05) is 36.4 Å². The van der Waals surface area contributed by atoms with E-state index in [1.165, 1.54) is 37.4 Å². The van der Waals surface area contributed by atoms with Crippen molar-refractivity contribution < 1.29 is 4.79 Å². The van der Waals surface area contributed by atoms with Gasteiger partial charge in [-0.1, -0.05) is 38.3 Å². The number of carbonyl (C=O) groups is 1. The minimum atomic E-state index is -0.199. The van der Waals surface area contributed by atoms with Gasteiger partial charge in [-0.15, -0.1) is 0 Å². The molecule has 0 unspecified atom stereocenters. The standard InChI is InChI=1S/C21H29N5O2/c1-2-3-4-5-6-17-7-9-18(10-8-17)24-21(28)26-15-13-25(14-16-26)19-20(27)23-12-11-22-19/h7-12H,2-6,13-16H2,1H3,(H,23,27)(H,24,28). The second kappa shape index (κ2) is 9.92. The van der Waals surface area contributed by atoms with Crippen LogP contribution in [0.25, 0.3) is 0 Å². The number of nitrogens with zero attached hydrogens (tertiary/aromatic N) is 3. The minimum Gasteiger partial charge on any atom is -0.348 e. The first-order chi connectivity index (χ1) is 13.7. The number of benzene rings is 1. The number of carbonyl (C=O) groups excluding carboxylic acids is 1. The Hall–Kier alpha value is -2.83. The summed E-state index contributed by atoms with van der Waals surface area (Å²) >= 11 is 0. The number of amides is 2. The molecule has 2 N–H and O–H groups in total. The van der Waals surface area contributed by atoms with Crippen molar-refractivity contribution in [3.05, 3.63) is 52.6 Å². The molecule has 1 saturated heterocycles. The van der Waals surface area contributed by atoms with Crippen molar-refractivity contribution in [1.82, 2.24) is 14.9 Å². The highest BCUT2D eigenvalue weighted by Gasteiger charge is 2.23. The van der Waals surface area contributed by atoms with Crippen LogP contribution in [0.1, 0.15) is 38.2 Å². The highest BCUT2D eigenvalue weighted by molar-refractivity contribution is 5.89. The molecule has 7 nitrogen and oxygen atoms in total. The second-order valence-corrected chi connectivity index (χ2v) is 7.15. The van der Waals surface area contributed by atoms with E-state index in [1.54, 1.807) is 11.1 Å². The maximum atomic E-state index is 12.5. The van der Waals surface area contributed by atoms with Gasteiger partial charge >= 0.3 is 6.03 Å². The SMILES string of the molecule is CCCCCCc1ccc(NC(=O)N2CCN(c3ncc[nH]c3=O)CC2)cc1. The summed E-state index contributed by atoms with van der Waals surface area (Å²) in [7, 11) is 0. The molecule has 1 aliphatic rings. The van der Waals surface area contributed by atoms with Crippen LogP contribution < -0.4 is 15.8 Å². The van der Waals surface area contributed by atoms with Crippen LogP contribution in [0.5, 0.6) is 0 Å². The van der Waals surface area contributed by atoms with E-state index in [0.29, 0.717) is 32.0 Å². The molecule has 2 amide bonds. The Balaban J connectivity index is 1.46. The molecule has 1 fully saturated rings. The van der Waals surface area contributed by atoms with Gasteiger partial charge in [0.25, 0.3) is 5.56 Å². The Bertz CT molecular complexity index is 810. The smallest absolute Gasteiger partial charge is 0.321 e. The van der Waals surface area contributed by atoms with Crippen LogP contribution in [0.15, 0.2) is 41.5 Å². The molecule has 0 radical (unpaired) electrons. The fourth-order valence-corrected chi connectivity index (χ4v) is 3.40. The van der Waals surface area contributed by atoms with Gasteiger partial charge in [-0.25, -0.2) is 9.78 Å². The highest BCUT2D eigenvalue weighted by Crippen LogP contribution is 2.14. The molecule has 2 aromatic rings. The summed E-state index contributed by atoms with van der Waals surface area (Å²) in [6, 6.07) is 8.01. The summed E-state index contributed by atoms with van der Waals surface area (Å²) < 4.78 is 0. The number of aryl methyl sites for hydroxylation is 1. The van der Waals surface area contributed by atoms with Crippen LogP contribution in [0.3, 0.4) is 0 Å². The highest BCUT2D eigenvalue weighted by atomic mass is 16.2. The Labute approximate surface area is 165 Å². The van der Waals surface area contributed by atoms with Crippen LogP contribution in [0.4, 0.5) is 16.3 Å². The zero-order valence-corrected chi connectivity index (χ0v) is 16.5. The molecular formula is C21H29N5O2. The van der Waals surface area contributed by atoms with E-state index < -0.39 is 0 Å². The van der Waals surface area contributed by atoms with Gasteiger partial charge in [-0.3, -0.25) is 4.79 Å². The van der Waals surface area contributed by atoms with E-state index in [9.17, 15) is 9.59 Å². The summed E-state index contributed by atoms with van der Waals surface area (Å²) in [5, 5.41) is 2.97. The van der Waals surface area contributed by atoms with Gasteiger partial charge in [0, 0.05) is 44.3 Å². The second-order valence-electron chi connectivity index (χ2n) is 7.15. The molecule has 0 saturated carbocycles. The number of aromatic nitrogens is 2. The average molecular weight is 383 g/mol. The Kier molecular flexibility index (Phi) is 7.06. The number of unbranched alkanes of at least 4 members (excludes halogenated alkanes) is 3. The van der Waals surface area contributed by atoms with Crippen molar-refractivity contribution in [2.45, 2.75) is 39.0 Å². The lowest BCUT2D eigenvalue weighted by atomic mass is 10.1. The summed E-state index contributed by atoms with van der Waals surface area (Å²) in [5.74, 6) is 0.414. The van der Waals surface area contributed by atoms with Gasteiger partial charge in [0.2, 0.25) is 0 Å². The molecule has 0 aliphatic carbocycles. The quantitative estimate of drug-likeness (QED) is 0.719. The fourth-order valence-electron chi connectivity index (χ4n) is 3.40. The number of anilines is 2. The topological polar surface area (TPSA) is 81.3 Å². The predicted molar refractivity (Wildman–Crippen MR) is 112 cm³/mol. The molecule has 7 heteroatoms. The lowest BCUT2D eigenvalue weighted by Crippen LogP contribution is -2.51. The van der Waals surface area contributed by atoms with Crippen LogP contribution >= 0.6 is 0 Å². The number of rotatable bonds is 7. The predicted octanol–water partition coefficient (Wildman–Crippen LogP) is 3.25. The van der Waals surface area contributed by atoms with Gasteiger partial charge in [-0.05, 0) is 30.5 Å². The molecule has 28 heavy (non-hydrogen) atoms. The minimum absolute atomic E-state index is 0.106. The third-order valence-electron chi connectivity index (χ3n) is 5.08.